The third-order valence-electron chi connectivity index (χ3n) is 4.49. The molecular formula is C20H26N2O2S. The highest BCUT2D eigenvalue weighted by Crippen LogP contribution is 2.24. The summed E-state index contributed by atoms with van der Waals surface area (Å²) in [5.41, 5.74) is 1.78. The lowest BCUT2D eigenvalue weighted by Crippen LogP contribution is -2.24. The van der Waals surface area contributed by atoms with Crippen molar-refractivity contribution >= 4 is 17.2 Å². The monoisotopic (exact) mass is 358 g/mol. The molecule has 1 fully saturated rings. The van der Waals surface area contributed by atoms with E-state index in [-0.39, 0.29) is 5.91 Å². The molecule has 0 bridgehead atoms. The summed E-state index contributed by atoms with van der Waals surface area (Å²) in [6.45, 7) is 2.72. The number of nitrogens with one attached hydrogen (secondary N) is 1. The van der Waals surface area contributed by atoms with Gasteiger partial charge in [-0.05, 0) is 76.1 Å². The molecule has 1 N–H and O–H groups in total. The zero-order valence-electron chi connectivity index (χ0n) is 14.8. The van der Waals surface area contributed by atoms with Gasteiger partial charge in [-0.1, -0.05) is 0 Å². The maximum atomic E-state index is 12.2. The minimum atomic E-state index is -0.0162. The zero-order valence-corrected chi connectivity index (χ0v) is 15.6. The number of ether oxygens (including phenoxy) is 1. The van der Waals surface area contributed by atoms with Crippen LogP contribution < -0.4 is 10.1 Å². The number of carbonyl (C=O) groups is 1. The molecule has 1 aromatic heterocycles. The molecule has 0 saturated heterocycles. The Bertz CT molecular complexity index is 675. The van der Waals surface area contributed by atoms with E-state index in [0.29, 0.717) is 18.2 Å². The fraction of sp³-hybridized carbons (Fsp3) is 0.500. The number of amides is 1. The van der Waals surface area contributed by atoms with Gasteiger partial charge in [-0.25, -0.2) is 4.98 Å². The van der Waals surface area contributed by atoms with Crippen molar-refractivity contribution in [1.82, 2.24) is 10.3 Å². The van der Waals surface area contributed by atoms with Crippen LogP contribution >= 0.6 is 11.3 Å². The van der Waals surface area contributed by atoms with E-state index in [9.17, 15) is 4.79 Å². The quantitative estimate of drug-likeness (QED) is 0.706. The maximum Gasteiger partial charge on any atom is 0.251 e. The van der Waals surface area contributed by atoms with E-state index in [1.807, 2.05) is 31.2 Å². The molecule has 0 spiro atoms. The van der Waals surface area contributed by atoms with Crippen molar-refractivity contribution in [3.05, 3.63) is 45.9 Å². The largest absolute Gasteiger partial charge is 0.490 e. The van der Waals surface area contributed by atoms with E-state index in [1.165, 1.54) is 17.8 Å². The first kappa shape index (κ1) is 17.9. The van der Waals surface area contributed by atoms with Crippen LogP contribution in [-0.2, 0) is 6.42 Å². The van der Waals surface area contributed by atoms with Crippen molar-refractivity contribution in [1.29, 1.82) is 0 Å². The van der Waals surface area contributed by atoms with Crippen LogP contribution in [0.1, 0.15) is 59.6 Å². The summed E-state index contributed by atoms with van der Waals surface area (Å²) in [4.78, 5) is 16.6. The zero-order chi connectivity index (χ0) is 17.5. The normalized spacial score (nSPS) is 14.6. The van der Waals surface area contributed by atoms with Gasteiger partial charge in [-0.15, -0.1) is 11.3 Å². The average molecular weight is 359 g/mol. The second-order valence-corrected chi connectivity index (χ2v) is 7.59. The van der Waals surface area contributed by atoms with Gasteiger partial charge in [0.15, 0.2) is 0 Å². The van der Waals surface area contributed by atoms with Gasteiger partial charge in [0.1, 0.15) is 5.75 Å². The predicted octanol–water partition coefficient (Wildman–Crippen LogP) is 4.53. The Morgan fingerprint density at radius 3 is 2.68 bits per heavy atom. The summed E-state index contributed by atoms with van der Waals surface area (Å²) in [6.07, 6.45) is 8.14. The van der Waals surface area contributed by atoms with Gasteiger partial charge >= 0.3 is 0 Å². The van der Waals surface area contributed by atoms with Crippen molar-refractivity contribution < 1.29 is 9.53 Å². The number of hydrogen-bond donors (Lipinski definition) is 1. The summed E-state index contributed by atoms with van der Waals surface area (Å²) in [5.74, 6) is 0.847. The van der Waals surface area contributed by atoms with Gasteiger partial charge in [0, 0.05) is 23.2 Å². The maximum absolute atomic E-state index is 12.2. The molecular weight excluding hydrogens is 332 g/mol. The number of rotatable bonds is 8. The molecule has 1 saturated carbocycles. The summed E-state index contributed by atoms with van der Waals surface area (Å²) >= 11 is 1.71. The van der Waals surface area contributed by atoms with Gasteiger partial charge in [-0.3, -0.25) is 4.79 Å². The average Bonchev–Trinajstić information content (AvgIpc) is 3.27. The predicted molar refractivity (Wildman–Crippen MR) is 101 cm³/mol. The lowest BCUT2D eigenvalue weighted by Gasteiger charge is -2.13. The Balaban J connectivity index is 1.36. The Morgan fingerprint density at radius 1 is 1.24 bits per heavy atom. The van der Waals surface area contributed by atoms with Gasteiger partial charge in [0.2, 0.25) is 0 Å². The summed E-state index contributed by atoms with van der Waals surface area (Å²) < 4.78 is 5.93. The summed E-state index contributed by atoms with van der Waals surface area (Å²) in [5, 5.41) is 6.25. The second kappa shape index (κ2) is 8.99. The highest BCUT2D eigenvalue weighted by Gasteiger charge is 2.16. The van der Waals surface area contributed by atoms with Gasteiger partial charge in [0.05, 0.1) is 11.1 Å². The van der Waals surface area contributed by atoms with E-state index < -0.39 is 0 Å². The molecule has 0 radical (unpaired) electrons. The van der Waals surface area contributed by atoms with Crippen molar-refractivity contribution in [2.75, 3.05) is 6.54 Å². The Kier molecular flexibility index (Phi) is 6.45. The molecule has 1 aliphatic rings. The molecule has 1 aromatic carbocycles. The first-order chi connectivity index (χ1) is 12.2. The summed E-state index contributed by atoms with van der Waals surface area (Å²) in [7, 11) is 0. The van der Waals surface area contributed by atoms with E-state index in [1.54, 1.807) is 11.3 Å². The number of unbranched alkanes of at least 4 members (excludes halogenated alkanes) is 1. The second-order valence-electron chi connectivity index (χ2n) is 6.64. The van der Waals surface area contributed by atoms with Crippen LogP contribution in [0.25, 0.3) is 0 Å². The van der Waals surface area contributed by atoms with Crippen LogP contribution in [0.2, 0.25) is 0 Å². The van der Waals surface area contributed by atoms with Crippen LogP contribution in [0.5, 0.6) is 5.75 Å². The molecule has 2 aromatic rings. The third kappa shape index (κ3) is 5.56. The fourth-order valence-corrected chi connectivity index (χ4v) is 3.92. The van der Waals surface area contributed by atoms with E-state index in [0.717, 1.165) is 43.5 Å². The van der Waals surface area contributed by atoms with E-state index in [4.69, 9.17) is 4.74 Å². The van der Waals surface area contributed by atoms with E-state index in [2.05, 4.69) is 15.7 Å². The van der Waals surface area contributed by atoms with Crippen LogP contribution in [0.15, 0.2) is 29.6 Å². The first-order valence-electron chi connectivity index (χ1n) is 9.16. The van der Waals surface area contributed by atoms with Gasteiger partial charge in [-0.2, -0.15) is 0 Å². The van der Waals surface area contributed by atoms with Crippen molar-refractivity contribution in [3.63, 3.8) is 0 Å². The number of nitrogens with zero attached hydrogens (tertiary/aromatic N) is 1. The van der Waals surface area contributed by atoms with Crippen LogP contribution in [-0.4, -0.2) is 23.5 Å². The number of hydrogen-bond acceptors (Lipinski definition) is 4. The summed E-state index contributed by atoms with van der Waals surface area (Å²) in [6, 6.07) is 7.49. The van der Waals surface area contributed by atoms with Gasteiger partial charge in [0.25, 0.3) is 5.91 Å². The van der Waals surface area contributed by atoms with Crippen molar-refractivity contribution in [3.8, 4) is 5.75 Å². The molecule has 1 aliphatic carbocycles. The standard InChI is InChI=1S/C20H26N2O2S/c1-15-14-25-19(22-15)8-4-5-13-21-20(23)16-9-11-18(12-10-16)24-17-6-2-3-7-17/h9-12,14,17H,2-8,13H2,1H3,(H,21,23). The minimum Gasteiger partial charge on any atom is -0.490 e. The fourth-order valence-electron chi connectivity index (χ4n) is 3.11. The molecule has 1 amide bonds. The Hall–Kier alpha value is -1.88. The smallest absolute Gasteiger partial charge is 0.251 e. The molecule has 0 unspecified atom stereocenters. The minimum absolute atomic E-state index is 0.0162. The molecule has 0 atom stereocenters. The van der Waals surface area contributed by atoms with E-state index >= 15 is 0 Å². The first-order valence-corrected chi connectivity index (χ1v) is 10.0. The third-order valence-corrected chi connectivity index (χ3v) is 5.52. The number of carbonyl (C=O) groups excluding carboxylic acids is 1. The topological polar surface area (TPSA) is 51.2 Å². The highest BCUT2D eigenvalue weighted by molar-refractivity contribution is 7.09. The Labute approximate surface area is 153 Å². The van der Waals surface area contributed by atoms with Gasteiger partial charge < -0.3 is 10.1 Å². The Morgan fingerprint density at radius 2 is 2.00 bits per heavy atom. The molecule has 0 aliphatic heterocycles. The molecule has 5 heteroatoms. The lowest BCUT2D eigenvalue weighted by molar-refractivity contribution is 0.0953. The molecule has 1 heterocycles. The number of aromatic nitrogens is 1. The lowest BCUT2D eigenvalue weighted by atomic mass is 10.2. The number of thiazole rings is 1. The van der Waals surface area contributed by atoms with Crippen LogP contribution in [0, 0.1) is 6.92 Å². The SMILES string of the molecule is Cc1csc(CCCCNC(=O)c2ccc(OC3CCCC3)cc2)n1. The molecule has 134 valence electrons. The van der Waals surface area contributed by atoms with Crippen LogP contribution in [0.4, 0.5) is 0 Å². The molecule has 25 heavy (non-hydrogen) atoms. The van der Waals surface area contributed by atoms with Crippen molar-refractivity contribution in [2.45, 2.75) is 58.0 Å². The highest BCUT2D eigenvalue weighted by atomic mass is 32.1. The number of benzene rings is 1. The van der Waals surface area contributed by atoms with Crippen LogP contribution in [0.3, 0.4) is 0 Å². The number of aryl methyl sites for hydroxylation is 2. The van der Waals surface area contributed by atoms with Crippen molar-refractivity contribution in [2.24, 2.45) is 0 Å². The molecule has 4 nitrogen and oxygen atoms in total. The molecule has 3 rings (SSSR count).